The Kier molecular flexibility index (Phi) is 8.87. The van der Waals surface area contributed by atoms with Crippen LogP contribution in [0.15, 0.2) is 47.4 Å². The lowest BCUT2D eigenvalue weighted by Gasteiger charge is -2.19. The Labute approximate surface area is 173 Å². The molecular formula is C23H32N2O2S. The van der Waals surface area contributed by atoms with Crippen LogP contribution < -0.4 is 10.1 Å². The Balaban J connectivity index is 2.11. The second-order valence-corrected chi connectivity index (χ2v) is 8.18. The number of carbonyl (C=O) groups excluding carboxylic acids is 1. The minimum atomic E-state index is 0.00171. The predicted octanol–water partition coefficient (Wildman–Crippen LogP) is 5.70. The largest absolute Gasteiger partial charge is 0.489 e. The molecule has 2 rings (SSSR count). The molecule has 0 heterocycles. The molecule has 4 nitrogen and oxygen atoms in total. The van der Waals surface area contributed by atoms with Crippen molar-refractivity contribution in [2.24, 2.45) is 0 Å². The van der Waals surface area contributed by atoms with E-state index in [2.05, 4.69) is 42.5 Å². The Bertz CT molecular complexity index is 773. The molecule has 2 aromatic rings. The van der Waals surface area contributed by atoms with Gasteiger partial charge in [-0.25, -0.2) is 4.31 Å². The van der Waals surface area contributed by atoms with Crippen LogP contribution in [0.5, 0.6) is 5.75 Å². The van der Waals surface area contributed by atoms with E-state index in [4.69, 9.17) is 4.74 Å². The van der Waals surface area contributed by atoms with Crippen molar-refractivity contribution >= 4 is 23.5 Å². The van der Waals surface area contributed by atoms with E-state index < -0.39 is 0 Å². The van der Waals surface area contributed by atoms with Crippen molar-refractivity contribution in [1.29, 1.82) is 0 Å². The summed E-state index contributed by atoms with van der Waals surface area (Å²) >= 11 is 1.70. The van der Waals surface area contributed by atoms with E-state index in [1.165, 1.54) is 11.1 Å². The molecule has 28 heavy (non-hydrogen) atoms. The Morgan fingerprint density at radius 3 is 2.50 bits per heavy atom. The first-order valence-electron chi connectivity index (χ1n) is 10.0. The van der Waals surface area contributed by atoms with Crippen LogP contribution in [0.1, 0.15) is 45.2 Å². The summed E-state index contributed by atoms with van der Waals surface area (Å²) in [6, 6.07) is 14.2. The molecule has 0 fully saturated rings. The quantitative estimate of drug-likeness (QED) is 0.519. The number of carbonyl (C=O) groups is 1. The number of amides is 1. The fraction of sp³-hybridized carbons (Fsp3) is 0.435. The number of hydrogen-bond acceptors (Lipinski definition) is 4. The van der Waals surface area contributed by atoms with Gasteiger partial charge in [0.2, 0.25) is 5.91 Å². The number of aryl methyl sites for hydroxylation is 2. The zero-order valence-electron chi connectivity index (χ0n) is 17.6. The molecule has 1 amide bonds. The molecule has 1 N–H and O–H groups in total. The van der Waals surface area contributed by atoms with Gasteiger partial charge in [0.05, 0.1) is 11.8 Å². The monoisotopic (exact) mass is 400 g/mol. The molecule has 152 valence electrons. The minimum absolute atomic E-state index is 0.00171. The molecule has 0 saturated carbocycles. The van der Waals surface area contributed by atoms with Gasteiger partial charge in [0.25, 0.3) is 0 Å². The van der Waals surface area contributed by atoms with Gasteiger partial charge in [-0.3, -0.25) is 4.79 Å². The van der Waals surface area contributed by atoms with Gasteiger partial charge in [-0.1, -0.05) is 38.1 Å². The van der Waals surface area contributed by atoms with Crippen LogP contribution >= 0.6 is 11.9 Å². The van der Waals surface area contributed by atoms with E-state index in [1.807, 2.05) is 44.2 Å². The second-order valence-electron chi connectivity index (χ2n) is 7.00. The van der Waals surface area contributed by atoms with Gasteiger partial charge >= 0.3 is 0 Å². The molecule has 0 spiro atoms. The van der Waals surface area contributed by atoms with Crippen LogP contribution in [0.25, 0.3) is 0 Å². The van der Waals surface area contributed by atoms with Crippen molar-refractivity contribution in [3.63, 3.8) is 0 Å². The third kappa shape index (κ3) is 6.88. The highest BCUT2D eigenvalue weighted by atomic mass is 32.2. The summed E-state index contributed by atoms with van der Waals surface area (Å²) in [4.78, 5) is 13.7. The summed E-state index contributed by atoms with van der Waals surface area (Å²) < 4.78 is 8.17. The van der Waals surface area contributed by atoms with Crippen molar-refractivity contribution in [2.45, 2.75) is 58.5 Å². The first-order valence-corrected chi connectivity index (χ1v) is 10.8. The number of ether oxygens (including phenoxy) is 1. The van der Waals surface area contributed by atoms with Crippen molar-refractivity contribution < 1.29 is 9.53 Å². The van der Waals surface area contributed by atoms with E-state index in [1.54, 1.807) is 11.9 Å². The highest BCUT2D eigenvalue weighted by molar-refractivity contribution is 7.97. The first-order chi connectivity index (χ1) is 13.4. The van der Waals surface area contributed by atoms with Crippen molar-refractivity contribution in [2.75, 3.05) is 18.4 Å². The first kappa shape index (κ1) is 22.3. The predicted molar refractivity (Wildman–Crippen MR) is 119 cm³/mol. The number of hydrogen-bond donors (Lipinski definition) is 1. The molecule has 0 aliphatic carbocycles. The zero-order chi connectivity index (χ0) is 20.5. The molecule has 0 unspecified atom stereocenters. The fourth-order valence-corrected chi connectivity index (χ4v) is 3.73. The maximum absolute atomic E-state index is 12.6. The van der Waals surface area contributed by atoms with E-state index in [-0.39, 0.29) is 12.0 Å². The van der Waals surface area contributed by atoms with Gasteiger partial charge in [-0.05, 0) is 68.5 Å². The smallest absolute Gasteiger partial charge is 0.224 e. The summed E-state index contributed by atoms with van der Waals surface area (Å²) in [6.45, 7) is 12.3. The molecule has 0 aromatic heterocycles. The summed E-state index contributed by atoms with van der Waals surface area (Å²) in [7, 11) is 0. The van der Waals surface area contributed by atoms with E-state index in [0.29, 0.717) is 12.2 Å². The average Bonchev–Trinajstić information content (AvgIpc) is 2.67. The molecule has 0 aliphatic heterocycles. The highest BCUT2D eigenvalue weighted by Gasteiger charge is 2.13. The van der Waals surface area contributed by atoms with Crippen LogP contribution in [-0.2, 0) is 11.2 Å². The van der Waals surface area contributed by atoms with Crippen LogP contribution in [0, 0.1) is 6.92 Å². The molecule has 0 bridgehead atoms. The Morgan fingerprint density at radius 2 is 1.86 bits per heavy atom. The summed E-state index contributed by atoms with van der Waals surface area (Å²) in [5.74, 6) is 0.713. The lowest BCUT2D eigenvalue weighted by atomic mass is 10.0. The van der Waals surface area contributed by atoms with Crippen molar-refractivity contribution in [3.8, 4) is 5.75 Å². The third-order valence-electron chi connectivity index (χ3n) is 4.41. The van der Waals surface area contributed by atoms with Gasteiger partial charge < -0.3 is 10.1 Å². The van der Waals surface area contributed by atoms with Crippen LogP contribution in [0.4, 0.5) is 5.69 Å². The Morgan fingerprint density at radius 1 is 1.14 bits per heavy atom. The van der Waals surface area contributed by atoms with Gasteiger partial charge in [0.15, 0.2) is 0 Å². The molecule has 2 aromatic carbocycles. The van der Waals surface area contributed by atoms with Crippen LogP contribution in [0.2, 0.25) is 0 Å². The van der Waals surface area contributed by atoms with Crippen molar-refractivity contribution in [3.05, 3.63) is 53.6 Å². The molecule has 0 saturated heterocycles. The normalized spacial score (nSPS) is 11.1. The SMILES string of the molecule is CCN(CC)Sc1ccc(OC(C)C)c(NC(=O)CCc2ccccc2C)c1. The molecule has 5 heteroatoms. The van der Waals surface area contributed by atoms with E-state index >= 15 is 0 Å². The minimum Gasteiger partial charge on any atom is -0.489 e. The molecule has 0 radical (unpaired) electrons. The molecule has 0 atom stereocenters. The topological polar surface area (TPSA) is 41.6 Å². The standard InChI is InChI=1S/C23H32N2O2S/c1-6-25(7-2)28-20-13-14-22(27-17(3)4)21(16-20)24-23(26)15-12-19-11-9-8-10-18(19)5/h8-11,13-14,16-17H,6-7,12,15H2,1-5H3,(H,24,26). The summed E-state index contributed by atoms with van der Waals surface area (Å²) in [5.41, 5.74) is 3.17. The molecule has 0 aliphatic rings. The van der Waals surface area contributed by atoms with Gasteiger partial charge in [0, 0.05) is 24.4 Å². The highest BCUT2D eigenvalue weighted by Crippen LogP contribution is 2.32. The van der Waals surface area contributed by atoms with Crippen LogP contribution in [-0.4, -0.2) is 29.4 Å². The second kappa shape index (κ2) is 11.1. The number of rotatable bonds is 10. The average molecular weight is 401 g/mol. The number of anilines is 1. The maximum atomic E-state index is 12.6. The Hall–Kier alpha value is -1.98. The number of nitrogens with zero attached hydrogens (tertiary/aromatic N) is 1. The van der Waals surface area contributed by atoms with Gasteiger partial charge in [0.1, 0.15) is 5.75 Å². The maximum Gasteiger partial charge on any atom is 0.224 e. The lowest BCUT2D eigenvalue weighted by molar-refractivity contribution is -0.116. The zero-order valence-corrected chi connectivity index (χ0v) is 18.4. The van der Waals surface area contributed by atoms with Crippen LogP contribution in [0.3, 0.4) is 0 Å². The third-order valence-corrected chi connectivity index (χ3v) is 5.65. The summed E-state index contributed by atoms with van der Waals surface area (Å²) in [5, 5.41) is 3.06. The van der Waals surface area contributed by atoms with Gasteiger partial charge in [-0.15, -0.1) is 0 Å². The van der Waals surface area contributed by atoms with E-state index in [9.17, 15) is 4.79 Å². The number of benzene rings is 2. The van der Waals surface area contributed by atoms with Gasteiger partial charge in [-0.2, -0.15) is 0 Å². The van der Waals surface area contributed by atoms with Crippen molar-refractivity contribution in [1.82, 2.24) is 4.31 Å². The molecular weight excluding hydrogens is 368 g/mol. The van der Waals surface area contributed by atoms with E-state index in [0.717, 1.165) is 30.1 Å². The summed E-state index contributed by atoms with van der Waals surface area (Å²) in [6.07, 6.45) is 1.22. The number of nitrogens with one attached hydrogen (secondary N) is 1. The lowest BCUT2D eigenvalue weighted by Crippen LogP contribution is -2.16. The fourth-order valence-electron chi connectivity index (χ4n) is 2.87.